The van der Waals surface area contributed by atoms with Gasteiger partial charge in [-0.05, 0) is 92.3 Å². The third-order valence-corrected chi connectivity index (χ3v) is 4.54. The maximum absolute atomic E-state index is 4.34. The van der Waals surface area contributed by atoms with Crippen molar-refractivity contribution in [3.05, 3.63) is 85.1 Å². The molecular formula is C24H25N7. The quantitative estimate of drug-likeness (QED) is 0.342. The van der Waals surface area contributed by atoms with Crippen molar-refractivity contribution in [2.45, 2.75) is 13.8 Å². The molecule has 0 bridgehead atoms. The Morgan fingerprint density at radius 2 is 1.26 bits per heavy atom. The number of rotatable bonds is 8. The molecule has 0 atom stereocenters. The lowest BCUT2D eigenvalue weighted by Crippen LogP contribution is -2.13. The first-order valence-electron chi connectivity index (χ1n) is 9.96. The van der Waals surface area contributed by atoms with Crippen LogP contribution in [0.4, 0.5) is 34.1 Å². The fraction of sp³-hybridized carbons (Fsp3) is 0.167. The molecule has 3 aromatic carbocycles. The number of nitrogens with zero attached hydrogens (tertiary/aromatic N) is 7. The predicted octanol–water partition coefficient (Wildman–Crippen LogP) is 8.51. The molecular weight excluding hydrogens is 386 g/mol. The maximum Gasteiger partial charge on any atom is 0.0887 e. The normalized spacial score (nSPS) is 11.6. The zero-order valence-corrected chi connectivity index (χ0v) is 18.0. The molecule has 0 spiro atoms. The second-order valence-electron chi connectivity index (χ2n) is 6.67. The van der Waals surface area contributed by atoms with E-state index in [1.165, 1.54) is 0 Å². The van der Waals surface area contributed by atoms with Crippen LogP contribution < -0.4 is 4.90 Å². The van der Waals surface area contributed by atoms with Gasteiger partial charge in [0, 0.05) is 19.3 Å². The number of benzene rings is 3. The molecule has 0 aromatic heterocycles. The minimum Gasteiger partial charge on any atom is -0.349 e. The summed E-state index contributed by atoms with van der Waals surface area (Å²) in [6.07, 6.45) is 1.81. The topological polar surface area (TPSA) is 77.4 Å². The molecule has 7 heteroatoms. The van der Waals surface area contributed by atoms with Crippen molar-refractivity contribution in [1.82, 2.24) is 0 Å². The zero-order valence-electron chi connectivity index (χ0n) is 18.0. The van der Waals surface area contributed by atoms with E-state index in [4.69, 9.17) is 0 Å². The van der Waals surface area contributed by atoms with Crippen LogP contribution in [0.2, 0.25) is 0 Å². The molecule has 0 amide bonds. The fourth-order valence-electron chi connectivity index (χ4n) is 2.87. The lowest BCUT2D eigenvalue weighted by atomic mass is 10.2. The van der Waals surface area contributed by atoms with Crippen molar-refractivity contribution in [2.75, 3.05) is 18.5 Å². The first-order chi connectivity index (χ1) is 15.1. The Bertz CT molecular complexity index is 1100. The molecule has 156 valence electrons. The summed E-state index contributed by atoms with van der Waals surface area (Å²) < 4.78 is 0. The Labute approximate surface area is 182 Å². The van der Waals surface area contributed by atoms with Crippen LogP contribution in [-0.4, -0.2) is 13.6 Å². The summed E-state index contributed by atoms with van der Waals surface area (Å²) in [6, 6.07) is 21.0. The SMILES string of the molecule is C=CN(CC)c1ccc(N=Nc2ccc(N=Nc3ccc(N=NC)cc3)c(C)c2)cc1. The number of azo groups is 3. The summed E-state index contributed by atoms with van der Waals surface area (Å²) in [6.45, 7) is 8.74. The zero-order chi connectivity index (χ0) is 22.1. The molecule has 0 radical (unpaired) electrons. The van der Waals surface area contributed by atoms with Crippen LogP contribution in [0.15, 0.2) is 110 Å². The Balaban J connectivity index is 1.68. The first-order valence-corrected chi connectivity index (χ1v) is 9.96. The number of aryl methyl sites for hydroxylation is 1. The van der Waals surface area contributed by atoms with Gasteiger partial charge in [-0.2, -0.15) is 30.7 Å². The highest BCUT2D eigenvalue weighted by molar-refractivity contribution is 5.56. The molecule has 0 saturated heterocycles. The molecule has 0 N–H and O–H groups in total. The number of hydrogen-bond acceptors (Lipinski definition) is 7. The first kappa shape index (κ1) is 21.7. The van der Waals surface area contributed by atoms with Crippen LogP contribution in [0.25, 0.3) is 0 Å². The largest absolute Gasteiger partial charge is 0.349 e. The van der Waals surface area contributed by atoms with Crippen LogP contribution in [0.3, 0.4) is 0 Å². The second-order valence-corrected chi connectivity index (χ2v) is 6.67. The van der Waals surface area contributed by atoms with Gasteiger partial charge in [0.05, 0.1) is 28.4 Å². The van der Waals surface area contributed by atoms with Gasteiger partial charge in [0.1, 0.15) is 0 Å². The summed E-state index contributed by atoms with van der Waals surface area (Å²) in [7, 11) is 1.64. The van der Waals surface area contributed by atoms with Crippen LogP contribution in [-0.2, 0) is 0 Å². The van der Waals surface area contributed by atoms with Gasteiger partial charge >= 0.3 is 0 Å². The highest BCUT2D eigenvalue weighted by Crippen LogP contribution is 2.28. The van der Waals surface area contributed by atoms with Crippen LogP contribution in [0.1, 0.15) is 12.5 Å². The van der Waals surface area contributed by atoms with E-state index in [2.05, 4.69) is 49.1 Å². The molecule has 0 fully saturated rings. The van der Waals surface area contributed by atoms with Crippen molar-refractivity contribution in [3.8, 4) is 0 Å². The van der Waals surface area contributed by atoms with Gasteiger partial charge < -0.3 is 4.90 Å². The van der Waals surface area contributed by atoms with E-state index in [1.807, 2.05) is 79.9 Å². The van der Waals surface area contributed by atoms with Crippen LogP contribution >= 0.6 is 0 Å². The lowest BCUT2D eigenvalue weighted by molar-refractivity contribution is 1.02. The average Bonchev–Trinajstić information content (AvgIpc) is 2.80. The third kappa shape index (κ3) is 5.99. The molecule has 7 nitrogen and oxygen atoms in total. The van der Waals surface area contributed by atoms with Crippen molar-refractivity contribution in [3.63, 3.8) is 0 Å². The minimum atomic E-state index is 0.750. The van der Waals surface area contributed by atoms with Gasteiger partial charge in [-0.15, -0.1) is 0 Å². The Hall–Kier alpha value is -4.00. The van der Waals surface area contributed by atoms with Crippen molar-refractivity contribution >= 4 is 34.1 Å². The number of anilines is 1. The summed E-state index contributed by atoms with van der Waals surface area (Å²) in [5.74, 6) is 0. The van der Waals surface area contributed by atoms with Crippen LogP contribution in [0.5, 0.6) is 0 Å². The molecule has 0 aliphatic rings. The van der Waals surface area contributed by atoms with E-state index in [-0.39, 0.29) is 0 Å². The van der Waals surface area contributed by atoms with Crippen LogP contribution in [0, 0.1) is 6.92 Å². The molecule has 0 unspecified atom stereocenters. The highest BCUT2D eigenvalue weighted by Gasteiger charge is 2.01. The third-order valence-electron chi connectivity index (χ3n) is 4.54. The molecule has 0 heterocycles. The summed E-state index contributed by atoms with van der Waals surface area (Å²) in [4.78, 5) is 2.06. The standard InChI is InChI=1S/C24H25N7/c1-5-31(6-2)23-14-11-21(12-15-23)27-29-22-13-16-24(18(3)17-22)30-28-20-9-7-19(8-10-20)26-25-4/h5,7-17H,1,6H2,2-4H3. The van der Waals surface area contributed by atoms with Gasteiger partial charge in [0.15, 0.2) is 0 Å². The monoisotopic (exact) mass is 411 g/mol. The predicted molar refractivity (Wildman–Crippen MR) is 126 cm³/mol. The fourth-order valence-corrected chi connectivity index (χ4v) is 2.87. The minimum absolute atomic E-state index is 0.750. The summed E-state index contributed by atoms with van der Waals surface area (Å²) in [5, 5.41) is 25.0. The van der Waals surface area contributed by atoms with E-state index in [9.17, 15) is 0 Å². The lowest BCUT2D eigenvalue weighted by Gasteiger charge is -2.17. The second kappa shape index (κ2) is 10.7. The number of hydrogen-bond donors (Lipinski definition) is 0. The van der Waals surface area contributed by atoms with E-state index in [0.29, 0.717) is 0 Å². The molecule has 3 aromatic rings. The van der Waals surface area contributed by atoms with E-state index in [0.717, 1.165) is 46.2 Å². The van der Waals surface area contributed by atoms with E-state index < -0.39 is 0 Å². The van der Waals surface area contributed by atoms with E-state index in [1.54, 1.807) is 7.05 Å². The Morgan fingerprint density at radius 3 is 1.81 bits per heavy atom. The van der Waals surface area contributed by atoms with Gasteiger partial charge in [0.2, 0.25) is 0 Å². The Morgan fingerprint density at radius 1 is 0.742 bits per heavy atom. The van der Waals surface area contributed by atoms with E-state index >= 15 is 0 Å². The van der Waals surface area contributed by atoms with Gasteiger partial charge in [0.25, 0.3) is 0 Å². The van der Waals surface area contributed by atoms with Gasteiger partial charge in [-0.25, -0.2) is 0 Å². The van der Waals surface area contributed by atoms with Crippen molar-refractivity contribution in [1.29, 1.82) is 0 Å². The molecule has 0 aliphatic carbocycles. The molecule has 0 saturated carbocycles. The average molecular weight is 412 g/mol. The smallest absolute Gasteiger partial charge is 0.0887 e. The summed E-state index contributed by atoms with van der Waals surface area (Å²) >= 11 is 0. The van der Waals surface area contributed by atoms with Gasteiger partial charge in [-0.1, -0.05) is 6.58 Å². The maximum atomic E-state index is 4.34. The highest BCUT2D eigenvalue weighted by atomic mass is 15.1. The molecule has 0 aliphatic heterocycles. The van der Waals surface area contributed by atoms with Gasteiger partial charge in [-0.3, -0.25) is 0 Å². The van der Waals surface area contributed by atoms with Crippen molar-refractivity contribution in [2.24, 2.45) is 30.7 Å². The molecule has 3 rings (SSSR count). The Kier molecular flexibility index (Phi) is 7.48. The summed E-state index contributed by atoms with van der Waals surface area (Å²) in [5.41, 5.74) is 5.91. The van der Waals surface area contributed by atoms with Crippen molar-refractivity contribution < 1.29 is 0 Å². The molecule has 31 heavy (non-hydrogen) atoms.